The number of imidazole rings is 1. The summed E-state index contributed by atoms with van der Waals surface area (Å²) in [5.74, 6) is 0.775. The molecule has 6 heteroatoms. The van der Waals surface area contributed by atoms with Gasteiger partial charge in [0.25, 0.3) is 0 Å². The number of hydrogen-bond donors (Lipinski definition) is 1. The first kappa shape index (κ1) is 14.4. The highest BCUT2D eigenvalue weighted by Gasteiger charge is 2.11. The van der Waals surface area contributed by atoms with Crippen molar-refractivity contribution in [1.29, 1.82) is 0 Å². The Balaban J connectivity index is 2.35. The van der Waals surface area contributed by atoms with Crippen molar-refractivity contribution in [3.05, 3.63) is 39.6 Å². The van der Waals surface area contributed by atoms with Gasteiger partial charge in [0.2, 0.25) is 5.95 Å². The van der Waals surface area contributed by atoms with Crippen LogP contribution >= 0.6 is 27.5 Å². The number of rotatable bonds is 5. The fourth-order valence-electron chi connectivity index (χ4n) is 1.75. The van der Waals surface area contributed by atoms with Crippen molar-refractivity contribution in [2.24, 2.45) is 0 Å². The van der Waals surface area contributed by atoms with E-state index in [1.54, 1.807) is 7.11 Å². The van der Waals surface area contributed by atoms with E-state index in [0.717, 1.165) is 21.8 Å². The fourth-order valence-corrected chi connectivity index (χ4v) is 2.37. The molecule has 19 heavy (non-hydrogen) atoms. The Morgan fingerprint density at radius 1 is 1.47 bits per heavy atom. The molecule has 102 valence electrons. The number of halogens is 2. The Hall–Kier alpha value is -1.04. The molecule has 0 atom stereocenters. The zero-order valence-corrected chi connectivity index (χ0v) is 13.1. The molecule has 0 unspecified atom stereocenters. The maximum absolute atomic E-state index is 6.13. The monoisotopic (exact) mass is 343 g/mol. The molecule has 0 saturated carbocycles. The van der Waals surface area contributed by atoms with E-state index in [1.807, 2.05) is 35.9 Å². The first-order chi connectivity index (χ1) is 9.13. The molecule has 0 saturated heterocycles. The molecule has 2 rings (SSSR count). The van der Waals surface area contributed by atoms with E-state index < -0.39 is 0 Å². The summed E-state index contributed by atoms with van der Waals surface area (Å²) in [5.41, 5.74) is 1.89. The van der Waals surface area contributed by atoms with Crippen molar-refractivity contribution >= 4 is 33.5 Å². The van der Waals surface area contributed by atoms with Crippen LogP contribution in [0.3, 0.4) is 0 Å². The van der Waals surface area contributed by atoms with Crippen LogP contribution in [0.2, 0.25) is 5.02 Å². The van der Waals surface area contributed by atoms with Gasteiger partial charge in [-0.1, -0.05) is 17.7 Å². The minimum Gasteiger partial charge on any atom is -0.383 e. The Labute approximate surface area is 125 Å². The van der Waals surface area contributed by atoms with Crippen molar-refractivity contribution < 1.29 is 4.74 Å². The number of nitrogens with zero attached hydrogens (tertiary/aromatic N) is 2. The molecule has 0 aliphatic heterocycles. The lowest BCUT2D eigenvalue weighted by Gasteiger charge is -2.11. The van der Waals surface area contributed by atoms with E-state index in [1.165, 1.54) is 0 Å². The number of hydrogen-bond acceptors (Lipinski definition) is 3. The van der Waals surface area contributed by atoms with Gasteiger partial charge in [0.1, 0.15) is 0 Å². The SMILES string of the molecule is COCCNc1nc(C)cn1-c1cccc(Cl)c1Br. The number of aryl methyl sites for hydroxylation is 1. The smallest absolute Gasteiger partial charge is 0.207 e. The van der Waals surface area contributed by atoms with Gasteiger partial charge in [-0.3, -0.25) is 4.57 Å². The highest BCUT2D eigenvalue weighted by Crippen LogP contribution is 2.30. The lowest BCUT2D eigenvalue weighted by atomic mass is 10.3. The predicted octanol–water partition coefficient (Wildman–Crippen LogP) is 3.65. The zero-order valence-electron chi connectivity index (χ0n) is 10.8. The average Bonchev–Trinajstić information content (AvgIpc) is 2.74. The van der Waals surface area contributed by atoms with Crippen LogP contribution in [-0.2, 0) is 4.74 Å². The second kappa shape index (κ2) is 6.41. The van der Waals surface area contributed by atoms with Crippen LogP contribution < -0.4 is 5.32 Å². The van der Waals surface area contributed by atoms with E-state index in [-0.39, 0.29) is 0 Å². The van der Waals surface area contributed by atoms with Gasteiger partial charge in [0.05, 0.1) is 27.5 Å². The second-order valence-electron chi connectivity index (χ2n) is 4.07. The summed E-state index contributed by atoms with van der Waals surface area (Å²) in [6.07, 6.45) is 1.96. The van der Waals surface area contributed by atoms with Crippen molar-refractivity contribution in [2.75, 3.05) is 25.6 Å². The first-order valence-corrected chi connectivity index (χ1v) is 7.03. The third-order valence-electron chi connectivity index (χ3n) is 2.61. The topological polar surface area (TPSA) is 39.1 Å². The number of aromatic nitrogens is 2. The Bertz CT molecular complexity index is 571. The van der Waals surface area contributed by atoms with E-state index in [9.17, 15) is 0 Å². The summed E-state index contributed by atoms with van der Waals surface area (Å²) in [5, 5.41) is 3.92. The van der Waals surface area contributed by atoms with Gasteiger partial charge in [-0.05, 0) is 35.0 Å². The summed E-state index contributed by atoms with van der Waals surface area (Å²) in [6, 6.07) is 5.74. The van der Waals surface area contributed by atoms with Gasteiger partial charge >= 0.3 is 0 Å². The quantitative estimate of drug-likeness (QED) is 0.841. The van der Waals surface area contributed by atoms with Gasteiger partial charge in [0, 0.05) is 19.9 Å². The van der Waals surface area contributed by atoms with E-state index >= 15 is 0 Å². The fraction of sp³-hybridized carbons (Fsp3) is 0.308. The highest BCUT2D eigenvalue weighted by atomic mass is 79.9. The number of ether oxygens (including phenoxy) is 1. The van der Waals surface area contributed by atoms with Gasteiger partial charge in [-0.2, -0.15) is 0 Å². The van der Waals surface area contributed by atoms with Crippen LogP contribution in [0.25, 0.3) is 5.69 Å². The molecule has 0 fully saturated rings. The maximum Gasteiger partial charge on any atom is 0.207 e. The molecule has 1 heterocycles. The molecular formula is C13H15BrClN3O. The standard InChI is InChI=1S/C13H15BrClN3O/c1-9-8-18(13(17-9)16-6-7-19-2)11-5-3-4-10(15)12(11)14/h3-5,8H,6-7H2,1-2H3,(H,16,17). The van der Waals surface area contributed by atoms with Gasteiger partial charge < -0.3 is 10.1 Å². The molecular weight excluding hydrogens is 330 g/mol. The summed E-state index contributed by atoms with van der Waals surface area (Å²) < 4.78 is 7.85. The molecule has 0 aliphatic carbocycles. The minimum atomic E-state index is 0.628. The Morgan fingerprint density at radius 2 is 2.26 bits per heavy atom. The lowest BCUT2D eigenvalue weighted by Crippen LogP contribution is -2.11. The van der Waals surface area contributed by atoms with Crippen LogP contribution in [0.5, 0.6) is 0 Å². The van der Waals surface area contributed by atoms with Crippen LogP contribution in [0.1, 0.15) is 5.69 Å². The normalized spacial score (nSPS) is 10.7. The van der Waals surface area contributed by atoms with Crippen LogP contribution in [0.4, 0.5) is 5.95 Å². The summed E-state index contributed by atoms with van der Waals surface area (Å²) in [6.45, 7) is 3.28. The van der Waals surface area contributed by atoms with E-state index in [2.05, 4.69) is 26.2 Å². The maximum atomic E-state index is 6.13. The number of benzene rings is 1. The average molecular weight is 345 g/mol. The van der Waals surface area contributed by atoms with Crippen LogP contribution in [0.15, 0.2) is 28.9 Å². The lowest BCUT2D eigenvalue weighted by molar-refractivity contribution is 0.210. The third kappa shape index (κ3) is 3.29. The molecule has 1 aromatic carbocycles. The predicted molar refractivity (Wildman–Crippen MR) is 81.4 cm³/mol. The molecule has 4 nitrogen and oxygen atoms in total. The Morgan fingerprint density at radius 3 is 3.00 bits per heavy atom. The molecule has 0 aliphatic rings. The summed E-state index contributed by atoms with van der Waals surface area (Å²) in [7, 11) is 1.67. The van der Waals surface area contributed by atoms with Crippen LogP contribution in [-0.4, -0.2) is 29.8 Å². The first-order valence-electron chi connectivity index (χ1n) is 5.86. The van der Waals surface area contributed by atoms with Gasteiger partial charge in [-0.25, -0.2) is 4.98 Å². The number of anilines is 1. The number of nitrogens with one attached hydrogen (secondary N) is 1. The third-order valence-corrected chi connectivity index (χ3v) is 3.98. The molecule has 2 aromatic rings. The summed E-state index contributed by atoms with van der Waals surface area (Å²) in [4.78, 5) is 4.46. The minimum absolute atomic E-state index is 0.628. The summed E-state index contributed by atoms with van der Waals surface area (Å²) >= 11 is 9.64. The molecule has 0 spiro atoms. The molecule has 0 radical (unpaired) electrons. The second-order valence-corrected chi connectivity index (χ2v) is 5.27. The molecule has 1 aromatic heterocycles. The number of methoxy groups -OCH3 is 1. The van der Waals surface area contributed by atoms with Crippen molar-refractivity contribution in [2.45, 2.75) is 6.92 Å². The molecule has 0 amide bonds. The largest absolute Gasteiger partial charge is 0.383 e. The van der Waals surface area contributed by atoms with E-state index in [0.29, 0.717) is 18.2 Å². The highest BCUT2D eigenvalue weighted by molar-refractivity contribution is 9.10. The van der Waals surface area contributed by atoms with Crippen molar-refractivity contribution in [1.82, 2.24) is 9.55 Å². The van der Waals surface area contributed by atoms with Crippen molar-refractivity contribution in [3.63, 3.8) is 0 Å². The van der Waals surface area contributed by atoms with Gasteiger partial charge in [-0.15, -0.1) is 0 Å². The molecule has 0 bridgehead atoms. The van der Waals surface area contributed by atoms with Crippen molar-refractivity contribution in [3.8, 4) is 5.69 Å². The van der Waals surface area contributed by atoms with E-state index in [4.69, 9.17) is 16.3 Å². The molecule has 1 N–H and O–H groups in total. The van der Waals surface area contributed by atoms with Crippen LogP contribution in [0, 0.1) is 6.92 Å². The Kier molecular flexibility index (Phi) is 4.85. The zero-order chi connectivity index (χ0) is 13.8. The van der Waals surface area contributed by atoms with Gasteiger partial charge in [0.15, 0.2) is 0 Å².